The first-order chi connectivity index (χ1) is 14.3. The predicted octanol–water partition coefficient (Wildman–Crippen LogP) is 4.81. The molecule has 0 unspecified atom stereocenters. The molecule has 4 nitrogen and oxygen atoms in total. The maximum absolute atomic E-state index is 12.8. The van der Waals surface area contributed by atoms with Crippen LogP contribution in [0.3, 0.4) is 0 Å². The lowest BCUT2D eigenvalue weighted by Crippen LogP contribution is -2.35. The van der Waals surface area contributed by atoms with E-state index in [-0.39, 0.29) is 17.0 Å². The molecule has 1 fully saturated rings. The van der Waals surface area contributed by atoms with Crippen molar-refractivity contribution in [1.29, 1.82) is 5.26 Å². The van der Waals surface area contributed by atoms with Crippen LogP contribution in [0.15, 0.2) is 53.3 Å². The number of pyridine rings is 1. The number of nitriles is 1. The van der Waals surface area contributed by atoms with Gasteiger partial charge in [-0.25, -0.2) is 0 Å². The first-order valence-electron chi connectivity index (χ1n) is 9.75. The lowest BCUT2D eigenvalue weighted by Gasteiger charge is -2.35. The molecule has 0 radical (unpaired) electrons. The number of hydrogen-bond donors (Lipinski definition) is 0. The Kier molecular flexibility index (Phi) is 5.02. The van der Waals surface area contributed by atoms with Crippen LogP contribution >= 0.6 is 0 Å². The van der Waals surface area contributed by atoms with Crippen LogP contribution in [-0.2, 0) is 13.2 Å². The Morgan fingerprint density at radius 2 is 1.67 bits per heavy atom. The number of nitrogens with zero attached hydrogens (tertiary/aromatic N) is 3. The highest BCUT2D eigenvalue weighted by atomic mass is 19.4. The van der Waals surface area contributed by atoms with Crippen molar-refractivity contribution in [1.82, 2.24) is 4.57 Å². The van der Waals surface area contributed by atoms with Crippen LogP contribution in [0.5, 0.6) is 0 Å². The number of anilines is 1. The number of halogens is 3. The molecule has 4 rings (SSSR count). The molecule has 7 heteroatoms. The van der Waals surface area contributed by atoms with E-state index in [1.54, 1.807) is 19.2 Å². The van der Waals surface area contributed by atoms with Gasteiger partial charge < -0.3 is 9.47 Å². The Morgan fingerprint density at radius 1 is 1.03 bits per heavy atom. The van der Waals surface area contributed by atoms with Crippen molar-refractivity contribution in [2.45, 2.75) is 24.9 Å². The lowest BCUT2D eigenvalue weighted by molar-refractivity contribution is -0.137. The smallest absolute Gasteiger partial charge is 0.370 e. The van der Waals surface area contributed by atoms with Crippen LogP contribution < -0.4 is 10.5 Å². The second kappa shape index (κ2) is 7.52. The molecule has 3 aromatic rings. The molecular formula is C23H20F3N3O. The number of hydrogen-bond acceptors (Lipinski definition) is 3. The number of fused-ring (bicyclic) bond motifs is 1. The number of piperidine rings is 1. The van der Waals surface area contributed by atoms with Gasteiger partial charge in [-0.3, -0.25) is 4.79 Å². The van der Waals surface area contributed by atoms with Gasteiger partial charge in [0, 0.05) is 25.5 Å². The normalized spacial score (nSPS) is 15.4. The van der Waals surface area contributed by atoms with Gasteiger partial charge in [-0.2, -0.15) is 18.4 Å². The van der Waals surface area contributed by atoms with Gasteiger partial charge in [0.15, 0.2) is 0 Å². The Hall–Kier alpha value is -3.27. The minimum atomic E-state index is -4.34. The standard InChI is InChI=1S/C23H20F3N3O/c1-28-20-5-3-2-4-18(20)21(19(14-27)22(28)30)29-12-10-16(11-13-29)15-6-8-17(9-7-15)23(24,25)26/h2-9,16H,10-13H2,1H3. The highest BCUT2D eigenvalue weighted by Gasteiger charge is 2.31. The maximum atomic E-state index is 12.8. The summed E-state index contributed by atoms with van der Waals surface area (Å²) in [6.45, 7) is 1.25. The average Bonchev–Trinajstić information content (AvgIpc) is 2.76. The second-order valence-electron chi connectivity index (χ2n) is 7.60. The van der Waals surface area contributed by atoms with Crippen LogP contribution in [0.2, 0.25) is 0 Å². The highest BCUT2D eigenvalue weighted by Crippen LogP contribution is 2.36. The molecule has 0 saturated carbocycles. The Balaban J connectivity index is 1.62. The maximum Gasteiger partial charge on any atom is 0.416 e. The first-order valence-corrected chi connectivity index (χ1v) is 9.75. The first kappa shape index (κ1) is 20.0. The number of aryl methyl sites for hydroxylation is 1. The van der Waals surface area contributed by atoms with Crippen LogP contribution in [0.4, 0.5) is 18.9 Å². The van der Waals surface area contributed by atoms with Crippen LogP contribution in [0, 0.1) is 11.3 Å². The van der Waals surface area contributed by atoms with Gasteiger partial charge in [-0.1, -0.05) is 30.3 Å². The molecule has 0 amide bonds. The molecular weight excluding hydrogens is 391 g/mol. The number of alkyl halides is 3. The summed E-state index contributed by atoms with van der Waals surface area (Å²) >= 11 is 0. The fourth-order valence-corrected chi connectivity index (χ4v) is 4.29. The summed E-state index contributed by atoms with van der Waals surface area (Å²) in [4.78, 5) is 14.8. The third-order valence-corrected chi connectivity index (χ3v) is 5.91. The van der Waals surface area contributed by atoms with Gasteiger partial charge >= 0.3 is 6.18 Å². The molecule has 30 heavy (non-hydrogen) atoms. The van der Waals surface area contributed by atoms with E-state index in [4.69, 9.17) is 0 Å². The van der Waals surface area contributed by atoms with Crippen LogP contribution in [0.25, 0.3) is 10.9 Å². The van der Waals surface area contributed by atoms with E-state index < -0.39 is 11.7 Å². The minimum Gasteiger partial charge on any atom is -0.370 e. The van der Waals surface area contributed by atoms with Crippen molar-refractivity contribution >= 4 is 16.6 Å². The topological polar surface area (TPSA) is 49.0 Å². The zero-order chi connectivity index (χ0) is 21.5. The quantitative estimate of drug-likeness (QED) is 0.608. The van der Waals surface area contributed by atoms with Gasteiger partial charge in [0.05, 0.1) is 16.8 Å². The zero-order valence-corrected chi connectivity index (χ0v) is 16.4. The molecule has 0 spiro atoms. The summed E-state index contributed by atoms with van der Waals surface area (Å²) in [6.07, 6.45) is -2.87. The number of rotatable bonds is 2. The zero-order valence-electron chi connectivity index (χ0n) is 16.4. The monoisotopic (exact) mass is 411 g/mol. The summed E-state index contributed by atoms with van der Waals surface area (Å²) in [5, 5.41) is 10.5. The van der Waals surface area contributed by atoms with Crippen LogP contribution in [-0.4, -0.2) is 17.7 Å². The fraction of sp³-hybridized carbons (Fsp3) is 0.304. The molecule has 1 aromatic heterocycles. The Bertz CT molecular complexity index is 1180. The van der Waals surface area contributed by atoms with Gasteiger partial charge in [0.2, 0.25) is 0 Å². The molecule has 2 aromatic carbocycles. The van der Waals surface area contributed by atoms with Crippen molar-refractivity contribution in [3.63, 3.8) is 0 Å². The molecule has 2 heterocycles. The van der Waals surface area contributed by atoms with Gasteiger partial charge in [-0.05, 0) is 42.5 Å². The molecule has 1 aliphatic rings. The summed E-state index contributed by atoms with van der Waals surface area (Å²) < 4.78 is 39.9. The van der Waals surface area contributed by atoms with Gasteiger partial charge in [0.1, 0.15) is 11.6 Å². The molecule has 0 atom stereocenters. The summed E-state index contributed by atoms with van der Waals surface area (Å²) in [7, 11) is 1.66. The van der Waals surface area contributed by atoms with E-state index in [0.29, 0.717) is 18.8 Å². The van der Waals surface area contributed by atoms with Crippen molar-refractivity contribution in [3.8, 4) is 6.07 Å². The molecule has 154 valence electrons. The number of benzene rings is 2. The summed E-state index contributed by atoms with van der Waals surface area (Å²) in [5.74, 6) is 0.145. The number of para-hydroxylation sites is 1. The molecule has 1 saturated heterocycles. The molecule has 0 N–H and O–H groups in total. The van der Waals surface area contributed by atoms with Crippen molar-refractivity contribution < 1.29 is 13.2 Å². The lowest BCUT2D eigenvalue weighted by atomic mass is 9.88. The number of aromatic nitrogens is 1. The van der Waals surface area contributed by atoms with Gasteiger partial charge in [-0.15, -0.1) is 0 Å². The third kappa shape index (κ3) is 3.43. The van der Waals surface area contributed by atoms with E-state index in [0.717, 1.165) is 41.4 Å². The fourth-order valence-electron chi connectivity index (χ4n) is 4.29. The molecule has 0 aliphatic carbocycles. The van der Waals surface area contributed by atoms with Crippen molar-refractivity contribution in [2.75, 3.05) is 18.0 Å². The Labute approximate surface area is 171 Å². The Morgan fingerprint density at radius 3 is 2.27 bits per heavy atom. The van der Waals surface area contributed by atoms with E-state index in [1.807, 2.05) is 24.3 Å². The van der Waals surface area contributed by atoms with E-state index in [9.17, 15) is 23.2 Å². The van der Waals surface area contributed by atoms with Crippen molar-refractivity contribution in [3.05, 3.63) is 75.6 Å². The van der Waals surface area contributed by atoms with Crippen molar-refractivity contribution in [2.24, 2.45) is 7.05 Å². The molecule has 0 bridgehead atoms. The average molecular weight is 411 g/mol. The van der Waals surface area contributed by atoms with Crippen LogP contribution in [0.1, 0.15) is 35.4 Å². The predicted molar refractivity (Wildman–Crippen MR) is 110 cm³/mol. The summed E-state index contributed by atoms with van der Waals surface area (Å²) in [5.41, 5.74) is 1.47. The second-order valence-corrected chi connectivity index (χ2v) is 7.60. The summed E-state index contributed by atoms with van der Waals surface area (Å²) in [6, 6.07) is 14.9. The SMILES string of the molecule is Cn1c(=O)c(C#N)c(N2CCC(c3ccc(C(F)(F)F)cc3)CC2)c2ccccc21. The minimum absolute atomic E-state index is 0.129. The third-order valence-electron chi connectivity index (χ3n) is 5.91. The van der Waals surface area contributed by atoms with E-state index in [2.05, 4.69) is 11.0 Å². The van der Waals surface area contributed by atoms with E-state index in [1.165, 1.54) is 4.57 Å². The largest absolute Gasteiger partial charge is 0.416 e. The van der Waals surface area contributed by atoms with Gasteiger partial charge in [0.25, 0.3) is 5.56 Å². The van der Waals surface area contributed by atoms with E-state index >= 15 is 0 Å². The molecule has 1 aliphatic heterocycles. The highest BCUT2D eigenvalue weighted by molar-refractivity contribution is 5.94.